The van der Waals surface area contributed by atoms with Crippen LogP contribution >= 0.6 is 0 Å². The zero-order valence-corrected chi connectivity index (χ0v) is 15.6. The minimum absolute atomic E-state index is 0.0424. The Labute approximate surface area is 159 Å². The third-order valence-electron chi connectivity index (χ3n) is 5.89. The Hall–Kier alpha value is -2.69. The summed E-state index contributed by atoms with van der Waals surface area (Å²) >= 11 is 0. The first-order valence-corrected chi connectivity index (χ1v) is 9.66. The molecule has 2 aliphatic rings. The highest BCUT2D eigenvalue weighted by molar-refractivity contribution is 5.94. The van der Waals surface area contributed by atoms with Gasteiger partial charge in [-0.05, 0) is 55.9 Å². The number of likely N-dealkylation sites (tertiary alicyclic amines) is 1. The number of rotatable bonds is 4. The van der Waals surface area contributed by atoms with Gasteiger partial charge in [-0.1, -0.05) is 24.3 Å². The first-order chi connectivity index (χ1) is 13.1. The van der Waals surface area contributed by atoms with Crippen molar-refractivity contribution in [2.75, 3.05) is 13.1 Å². The number of nitrogens with one attached hydrogen (secondary N) is 1. The molecule has 0 unspecified atom stereocenters. The van der Waals surface area contributed by atoms with Crippen molar-refractivity contribution in [2.24, 2.45) is 0 Å². The second-order valence-corrected chi connectivity index (χ2v) is 7.67. The molecule has 2 fully saturated rings. The van der Waals surface area contributed by atoms with E-state index in [2.05, 4.69) is 29.4 Å². The monoisotopic (exact) mass is 363 g/mol. The summed E-state index contributed by atoms with van der Waals surface area (Å²) in [7, 11) is 0. The van der Waals surface area contributed by atoms with Crippen molar-refractivity contribution in [3.05, 3.63) is 65.5 Å². The molecular weight excluding hydrogens is 338 g/mol. The number of aromatic nitrogens is 1. The molecule has 1 aliphatic carbocycles. The minimum Gasteiger partial charge on any atom is -0.352 e. The number of pyridine rings is 1. The number of hydrogen-bond donors (Lipinski definition) is 1. The topological polar surface area (TPSA) is 62.3 Å². The summed E-state index contributed by atoms with van der Waals surface area (Å²) in [4.78, 5) is 31.3. The SMILES string of the molecule is Cc1ccccc1C1(C(=O)NC2CCN(C(=O)c3ccncc3)CC2)CC1. The summed E-state index contributed by atoms with van der Waals surface area (Å²) in [5.41, 5.74) is 2.68. The summed E-state index contributed by atoms with van der Waals surface area (Å²) in [6.07, 6.45) is 6.71. The molecule has 0 spiro atoms. The average Bonchev–Trinajstić information content (AvgIpc) is 3.51. The lowest BCUT2D eigenvalue weighted by atomic mass is 9.90. The lowest BCUT2D eigenvalue weighted by Gasteiger charge is -2.33. The predicted molar refractivity (Wildman–Crippen MR) is 103 cm³/mol. The maximum absolute atomic E-state index is 13.0. The van der Waals surface area contributed by atoms with E-state index in [9.17, 15) is 9.59 Å². The van der Waals surface area contributed by atoms with Crippen LogP contribution in [0.25, 0.3) is 0 Å². The Kier molecular flexibility index (Phi) is 4.68. The molecule has 2 aromatic rings. The van der Waals surface area contributed by atoms with Gasteiger partial charge in [-0.15, -0.1) is 0 Å². The third kappa shape index (κ3) is 3.46. The van der Waals surface area contributed by atoms with E-state index in [1.807, 2.05) is 17.0 Å². The Morgan fingerprint density at radius 2 is 1.74 bits per heavy atom. The maximum Gasteiger partial charge on any atom is 0.253 e. The fourth-order valence-corrected chi connectivity index (χ4v) is 4.08. The van der Waals surface area contributed by atoms with E-state index in [0.717, 1.165) is 31.2 Å². The highest BCUT2D eigenvalue weighted by Crippen LogP contribution is 2.49. The van der Waals surface area contributed by atoms with Crippen molar-refractivity contribution in [1.82, 2.24) is 15.2 Å². The number of amides is 2. The average molecular weight is 363 g/mol. The van der Waals surface area contributed by atoms with Crippen molar-refractivity contribution in [2.45, 2.75) is 44.1 Å². The number of carbonyl (C=O) groups is 2. The van der Waals surface area contributed by atoms with E-state index < -0.39 is 0 Å². The number of piperidine rings is 1. The van der Waals surface area contributed by atoms with Crippen LogP contribution in [-0.2, 0) is 10.2 Å². The van der Waals surface area contributed by atoms with Crippen LogP contribution in [0.1, 0.15) is 47.2 Å². The first kappa shape index (κ1) is 17.7. The van der Waals surface area contributed by atoms with E-state index in [4.69, 9.17) is 0 Å². The van der Waals surface area contributed by atoms with Gasteiger partial charge >= 0.3 is 0 Å². The highest BCUT2D eigenvalue weighted by Gasteiger charge is 2.52. The highest BCUT2D eigenvalue weighted by atomic mass is 16.2. The molecule has 1 saturated heterocycles. The molecule has 1 aliphatic heterocycles. The molecule has 5 nitrogen and oxygen atoms in total. The van der Waals surface area contributed by atoms with E-state index >= 15 is 0 Å². The van der Waals surface area contributed by atoms with Gasteiger partial charge in [0.2, 0.25) is 5.91 Å². The van der Waals surface area contributed by atoms with Crippen molar-refractivity contribution in [3.8, 4) is 0 Å². The van der Waals surface area contributed by atoms with Crippen LogP contribution in [-0.4, -0.2) is 40.8 Å². The zero-order valence-electron chi connectivity index (χ0n) is 15.6. The fraction of sp³-hybridized carbons (Fsp3) is 0.409. The Balaban J connectivity index is 1.35. The third-order valence-corrected chi connectivity index (χ3v) is 5.89. The number of nitrogens with zero attached hydrogens (tertiary/aromatic N) is 2. The van der Waals surface area contributed by atoms with Crippen molar-refractivity contribution >= 4 is 11.8 Å². The van der Waals surface area contributed by atoms with E-state index in [1.54, 1.807) is 24.5 Å². The normalized spacial score (nSPS) is 18.8. The Morgan fingerprint density at radius 3 is 2.37 bits per heavy atom. The van der Waals surface area contributed by atoms with Crippen LogP contribution in [0.2, 0.25) is 0 Å². The summed E-state index contributed by atoms with van der Waals surface area (Å²) in [6, 6.07) is 11.8. The van der Waals surface area contributed by atoms with Crippen molar-refractivity contribution < 1.29 is 9.59 Å². The summed E-state index contributed by atoms with van der Waals surface area (Å²) < 4.78 is 0. The second-order valence-electron chi connectivity index (χ2n) is 7.67. The molecule has 1 aromatic heterocycles. The molecule has 2 heterocycles. The standard InChI is InChI=1S/C22H25N3O2/c1-16-4-2-3-5-19(16)22(10-11-22)21(27)24-18-8-14-25(15-9-18)20(26)17-6-12-23-13-7-17/h2-7,12-13,18H,8-11,14-15H2,1H3,(H,24,27). The van der Waals surface area contributed by atoms with Gasteiger partial charge in [-0.2, -0.15) is 0 Å². The van der Waals surface area contributed by atoms with Gasteiger partial charge in [0, 0.05) is 37.1 Å². The molecule has 1 aromatic carbocycles. The zero-order chi connectivity index (χ0) is 18.9. The maximum atomic E-state index is 13.0. The van der Waals surface area contributed by atoms with Gasteiger partial charge < -0.3 is 10.2 Å². The van der Waals surface area contributed by atoms with Crippen LogP contribution in [0.5, 0.6) is 0 Å². The number of aryl methyl sites for hydroxylation is 1. The second kappa shape index (κ2) is 7.14. The number of benzene rings is 1. The van der Waals surface area contributed by atoms with Gasteiger partial charge in [0.1, 0.15) is 0 Å². The van der Waals surface area contributed by atoms with E-state index in [1.165, 1.54) is 5.56 Å². The Morgan fingerprint density at radius 1 is 1.07 bits per heavy atom. The number of hydrogen-bond acceptors (Lipinski definition) is 3. The van der Waals surface area contributed by atoms with E-state index in [-0.39, 0.29) is 23.3 Å². The summed E-state index contributed by atoms with van der Waals surface area (Å²) in [5, 5.41) is 3.26. The van der Waals surface area contributed by atoms with Crippen LogP contribution < -0.4 is 5.32 Å². The molecule has 0 atom stereocenters. The molecule has 0 radical (unpaired) electrons. The van der Waals surface area contributed by atoms with Crippen LogP contribution in [0.3, 0.4) is 0 Å². The smallest absolute Gasteiger partial charge is 0.253 e. The molecule has 27 heavy (non-hydrogen) atoms. The minimum atomic E-state index is -0.338. The van der Waals surface area contributed by atoms with Crippen LogP contribution in [0.4, 0.5) is 0 Å². The lowest BCUT2D eigenvalue weighted by molar-refractivity contribution is -0.124. The van der Waals surface area contributed by atoms with E-state index in [0.29, 0.717) is 18.7 Å². The van der Waals surface area contributed by atoms with Crippen LogP contribution in [0.15, 0.2) is 48.8 Å². The quantitative estimate of drug-likeness (QED) is 0.909. The van der Waals surface area contributed by atoms with Gasteiger partial charge in [-0.25, -0.2) is 0 Å². The molecule has 5 heteroatoms. The molecule has 1 N–H and O–H groups in total. The van der Waals surface area contributed by atoms with Gasteiger partial charge in [0.25, 0.3) is 5.91 Å². The Bertz CT molecular complexity index is 838. The summed E-state index contributed by atoms with van der Waals surface area (Å²) in [5.74, 6) is 0.191. The molecule has 4 rings (SSSR count). The van der Waals surface area contributed by atoms with Gasteiger partial charge in [0.15, 0.2) is 0 Å². The molecule has 2 amide bonds. The van der Waals surface area contributed by atoms with Crippen molar-refractivity contribution in [3.63, 3.8) is 0 Å². The summed E-state index contributed by atoms with van der Waals surface area (Å²) in [6.45, 7) is 3.42. The molecule has 140 valence electrons. The molecule has 1 saturated carbocycles. The molecule has 0 bridgehead atoms. The van der Waals surface area contributed by atoms with Gasteiger partial charge in [-0.3, -0.25) is 14.6 Å². The fourth-order valence-electron chi connectivity index (χ4n) is 4.08. The predicted octanol–water partition coefficient (Wildman–Crippen LogP) is 2.84. The lowest BCUT2D eigenvalue weighted by Crippen LogP contribution is -2.49. The first-order valence-electron chi connectivity index (χ1n) is 9.66. The van der Waals surface area contributed by atoms with Gasteiger partial charge in [0.05, 0.1) is 5.41 Å². The van der Waals surface area contributed by atoms with Crippen molar-refractivity contribution in [1.29, 1.82) is 0 Å². The molecular formula is C22H25N3O2. The number of carbonyl (C=O) groups excluding carboxylic acids is 2. The largest absolute Gasteiger partial charge is 0.352 e. The van der Waals surface area contributed by atoms with Crippen LogP contribution in [0, 0.1) is 6.92 Å².